The van der Waals surface area contributed by atoms with Crippen LogP contribution in [0.15, 0.2) is 33.9 Å². The van der Waals surface area contributed by atoms with Crippen LogP contribution in [0.5, 0.6) is 0 Å². The molecule has 2 heterocycles. The van der Waals surface area contributed by atoms with Gasteiger partial charge in [-0.05, 0) is 37.8 Å². The quantitative estimate of drug-likeness (QED) is 0.608. The van der Waals surface area contributed by atoms with Crippen LogP contribution < -0.4 is 21.9 Å². The Balaban J connectivity index is 1.79. The average Bonchev–Trinajstić information content (AvgIpc) is 3.36. The Morgan fingerprint density at radius 1 is 1.28 bits per heavy atom. The highest BCUT2D eigenvalue weighted by Crippen LogP contribution is 2.30. The minimum atomic E-state index is -0.749. The van der Waals surface area contributed by atoms with E-state index >= 15 is 0 Å². The standard InChI is InChI=1S/C22H25FN6O3/c1-3-4-12-28-19(24)18(20(30)25-22(28)32)27(2)21(31)17-13-8-7-11-15(13)29(26-17)16-10-6-5-9-14(16)23/h5-6,9-10H,3-4,7-8,11-12,24H2,1-2H3,(H,25,30,32). The van der Waals surface area contributed by atoms with Gasteiger partial charge in [-0.1, -0.05) is 25.5 Å². The number of H-pyrrole nitrogens is 1. The number of nitrogen functional groups attached to an aromatic ring is 1. The molecule has 32 heavy (non-hydrogen) atoms. The SMILES string of the molecule is CCCCn1c(N)c(N(C)C(=O)c2nn(-c3ccccc3F)c3c2CCC3)c(=O)[nH]c1=O. The van der Waals surface area contributed by atoms with Crippen molar-refractivity contribution in [2.45, 2.75) is 45.6 Å². The molecule has 9 nitrogen and oxygen atoms in total. The fraction of sp³-hybridized carbons (Fsp3) is 0.364. The highest BCUT2D eigenvalue weighted by molar-refractivity contribution is 6.06. The van der Waals surface area contributed by atoms with Crippen LogP contribution in [-0.2, 0) is 19.4 Å². The molecular formula is C22H25FN6O3. The van der Waals surface area contributed by atoms with Crippen LogP contribution in [0.25, 0.3) is 5.69 Å². The number of fused-ring (bicyclic) bond motifs is 1. The Labute approximate surface area is 183 Å². The van der Waals surface area contributed by atoms with Crippen LogP contribution in [-0.4, -0.2) is 32.3 Å². The van der Waals surface area contributed by atoms with Crippen molar-refractivity contribution in [2.24, 2.45) is 0 Å². The summed E-state index contributed by atoms with van der Waals surface area (Å²) in [5, 5.41) is 4.42. The van der Waals surface area contributed by atoms with Crippen molar-refractivity contribution in [1.82, 2.24) is 19.3 Å². The summed E-state index contributed by atoms with van der Waals surface area (Å²) in [7, 11) is 1.42. The first-order valence-electron chi connectivity index (χ1n) is 10.6. The number of benzene rings is 1. The summed E-state index contributed by atoms with van der Waals surface area (Å²) in [6, 6.07) is 6.23. The van der Waals surface area contributed by atoms with E-state index in [-0.39, 0.29) is 22.9 Å². The summed E-state index contributed by atoms with van der Waals surface area (Å²) >= 11 is 0. The Bertz CT molecular complexity index is 1310. The van der Waals surface area contributed by atoms with Gasteiger partial charge >= 0.3 is 5.69 Å². The van der Waals surface area contributed by atoms with Crippen molar-refractivity contribution in [1.29, 1.82) is 0 Å². The maximum absolute atomic E-state index is 14.4. The monoisotopic (exact) mass is 440 g/mol. The van der Waals surface area contributed by atoms with Gasteiger partial charge in [0.25, 0.3) is 11.5 Å². The van der Waals surface area contributed by atoms with E-state index in [2.05, 4.69) is 10.1 Å². The third kappa shape index (κ3) is 3.51. The number of anilines is 2. The van der Waals surface area contributed by atoms with Crippen LogP contribution in [0.1, 0.15) is 47.9 Å². The predicted octanol–water partition coefficient (Wildman–Crippen LogP) is 2.01. The van der Waals surface area contributed by atoms with Crippen LogP contribution >= 0.6 is 0 Å². The number of halogens is 1. The summed E-state index contributed by atoms with van der Waals surface area (Å²) in [4.78, 5) is 41.5. The molecule has 1 aromatic carbocycles. The summed E-state index contributed by atoms with van der Waals surface area (Å²) in [5.41, 5.74) is 6.59. The first kappa shape index (κ1) is 21.5. The van der Waals surface area contributed by atoms with Crippen molar-refractivity contribution in [3.63, 3.8) is 0 Å². The molecule has 0 aliphatic heterocycles. The number of carbonyl (C=O) groups is 1. The number of aromatic nitrogens is 4. The number of amides is 1. The molecule has 0 saturated carbocycles. The van der Waals surface area contributed by atoms with Gasteiger partial charge in [-0.2, -0.15) is 5.10 Å². The predicted molar refractivity (Wildman–Crippen MR) is 119 cm³/mol. The molecule has 2 aromatic heterocycles. The van der Waals surface area contributed by atoms with E-state index in [1.165, 1.54) is 22.4 Å². The molecule has 1 aliphatic carbocycles. The third-order valence-corrected chi connectivity index (χ3v) is 5.80. The average molecular weight is 440 g/mol. The van der Waals surface area contributed by atoms with Crippen molar-refractivity contribution < 1.29 is 9.18 Å². The van der Waals surface area contributed by atoms with Crippen LogP contribution in [0.2, 0.25) is 0 Å². The van der Waals surface area contributed by atoms with Gasteiger partial charge in [-0.3, -0.25) is 19.1 Å². The van der Waals surface area contributed by atoms with Crippen molar-refractivity contribution in [2.75, 3.05) is 17.7 Å². The van der Waals surface area contributed by atoms with Gasteiger partial charge in [0.05, 0.1) is 0 Å². The minimum Gasteiger partial charge on any atom is -0.383 e. The van der Waals surface area contributed by atoms with E-state index < -0.39 is 23.0 Å². The van der Waals surface area contributed by atoms with Gasteiger partial charge in [0.2, 0.25) is 0 Å². The molecule has 10 heteroatoms. The number of nitrogens with zero attached hydrogens (tertiary/aromatic N) is 4. The first-order valence-corrected chi connectivity index (χ1v) is 10.6. The molecule has 0 radical (unpaired) electrons. The summed E-state index contributed by atoms with van der Waals surface area (Å²) < 4.78 is 17.1. The lowest BCUT2D eigenvalue weighted by Gasteiger charge is -2.20. The second-order valence-electron chi connectivity index (χ2n) is 7.85. The smallest absolute Gasteiger partial charge is 0.330 e. The number of unbranched alkanes of at least 4 members (excludes halogenated alkanes) is 1. The molecule has 3 aromatic rings. The maximum atomic E-state index is 14.4. The number of carbonyl (C=O) groups excluding carboxylic acids is 1. The molecule has 0 saturated heterocycles. The Kier molecular flexibility index (Phi) is 5.68. The number of hydrogen-bond acceptors (Lipinski definition) is 5. The highest BCUT2D eigenvalue weighted by Gasteiger charge is 2.31. The molecule has 0 unspecified atom stereocenters. The Morgan fingerprint density at radius 3 is 2.75 bits per heavy atom. The minimum absolute atomic E-state index is 0.0757. The number of nitrogens with one attached hydrogen (secondary N) is 1. The van der Waals surface area contributed by atoms with E-state index in [0.29, 0.717) is 25.8 Å². The number of para-hydroxylation sites is 1. The lowest BCUT2D eigenvalue weighted by molar-refractivity contribution is 0.0986. The van der Waals surface area contributed by atoms with Crippen LogP contribution in [0.3, 0.4) is 0 Å². The highest BCUT2D eigenvalue weighted by atomic mass is 19.1. The largest absolute Gasteiger partial charge is 0.383 e. The van der Waals surface area contributed by atoms with Gasteiger partial charge in [-0.25, -0.2) is 13.9 Å². The summed E-state index contributed by atoms with van der Waals surface area (Å²) in [5.74, 6) is -1.06. The number of nitrogens with two attached hydrogens (primary N) is 1. The molecular weight excluding hydrogens is 415 g/mol. The summed E-state index contributed by atoms with van der Waals surface area (Å²) in [6.07, 6.45) is 3.62. The number of hydrogen-bond donors (Lipinski definition) is 2. The number of aromatic amines is 1. The second kappa shape index (κ2) is 8.45. The lowest BCUT2D eigenvalue weighted by Crippen LogP contribution is -2.39. The maximum Gasteiger partial charge on any atom is 0.330 e. The van der Waals surface area contributed by atoms with Gasteiger partial charge < -0.3 is 10.6 Å². The van der Waals surface area contributed by atoms with E-state index in [4.69, 9.17) is 5.73 Å². The third-order valence-electron chi connectivity index (χ3n) is 5.80. The molecule has 0 atom stereocenters. The van der Waals surface area contributed by atoms with Crippen molar-refractivity contribution in [3.8, 4) is 5.69 Å². The molecule has 4 rings (SSSR count). The van der Waals surface area contributed by atoms with Crippen molar-refractivity contribution >= 4 is 17.4 Å². The first-order chi connectivity index (χ1) is 15.3. The molecule has 1 amide bonds. The fourth-order valence-corrected chi connectivity index (χ4v) is 4.13. The molecule has 0 spiro atoms. The van der Waals surface area contributed by atoms with Crippen LogP contribution in [0, 0.1) is 5.82 Å². The molecule has 1 aliphatic rings. The van der Waals surface area contributed by atoms with Gasteiger partial charge in [0.1, 0.15) is 17.3 Å². The zero-order valence-corrected chi connectivity index (χ0v) is 18.0. The number of rotatable bonds is 6. The van der Waals surface area contributed by atoms with Crippen molar-refractivity contribution in [3.05, 3.63) is 67.9 Å². The molecule has 168 valence electrons. The fourth-order valence-electron chi connectivity index (χ4n) is 4.13. The molecule has 0 bridgehead atoms. The topological polar surface area (TPSA) is 119 Å². The van der Waals surface area contributed by atoms with Gasteiger partial charge in [-0.15, -0.1) is 0 Å². The normalized spacial score (nSPS) is 12.7. The molecule has 0 fully saturated rings. The van der Waals surface area contributed by atoms with E-state index in [9.17, 15) is 18.8 Å². The van der Waals surface area contributed by atoms with E-state index in [1.54, 1.807) is 18.2 Å². The van der Waals surface area contributed by atoms with E-state index in [1.807, 2.05) is 6.92 Å². The van der Waals surface area contributed by atoms with Gasteiger partial charge in [0.15, 0.2) is 11.4 Å². The second-order valence-corrected chi connectivity index (χ2v) is 7.85. The summed E-state index contributed by atoms with van der Waals surface area (Å²) in [6.45, 7) is 2.29. The van der Waals surface area contributed by atoms with Crippen LogP contribution in [0.4, 0.5) is 15.9 Å². The van der Waals surface area contributed by atoms with E-state index in [0.717, 1.165) is 29.0 Å². The molecule has 3 N–H and O–H groups in total. The zero-order valence-electron chi connectivity index (χ0n) is 18.0. The Hall–Kier alpha value is -3.69. The zero-order chi connectivity index (χ0) is 23.0. The lowest BCUT2D eigenvalue weighted by atomic mass is 10.2. The van der Waals surface area contributed by atoms with Gasteiger partial charge in [0, 0.05) is 24.8 Å². The Morgan fingerprint density at radius 2 is 2.03 bits per heavy atom.